The quantitative estimate of drug-likeness (QED) is 0.304. The van der Waals surface area contributed by atoms with E-state index in [-0.39, 0.29) is 24.0 Å². The number of piperazine rings is 1. The molecule has 8 heteroatoms. The number of hydrogen-bond acceptors (Lipinski definition) is 5. The molecule has 1 fully saturated rings. The highest BCUT2D eigenvalue weighted by Gasteiger charge is 2.16. The number of benzene rings is 1. The largest absolute Gasteiger partial charge is 0.359 e. The van der Waals surface area contributed by atoms with Gasteiger partial charge in [-0.3, -0.25) is 9.89 Å². The number of aliphatic imine (C=N–C) groups is 1. The van der Waals surface area contributed by atoms with Crippen LogP contribution in [0.5, 0.6) is 0 Å². The molecule has 2 aromatic rings. The van der Waals surface area contributed by atoms with E-state index in [1.807, 2.05) is 6.07 Å². The standard InChI is InChI=1S/C23H36N6O.HI/c1-5-28-10-12-29(13-11-28)17-20-9-7-6-8-19(20)15-25-23(24-4)26-16-21-14-22(18(2)3)27-30-21;/h6-9,14,18H,5,10-13,15-17H2,1-4H3,(H2,24,25,26);1H. The number of halogens is 1. The van der Waals surface area contributed by atoms with E-state index in [4.69, 9.17) is 4.52 Å². The molecule has 0 amide bonds. The van der Waals surface area contributed by atoms with Crippen molar-refractivity contribution in [3.63, 3.8) is 0 Å². The Labute approximate surface area is 203 Å². The second kappa shape index (κ2) is 13.0. The van der Waals surface area contributed by atoms with E-state index in [2.05, 4.69) is 75.6 Å². The van der Waals surface area contributed by atoms with Gasteiger partial charge < -0.3 is 20.1 Å². The molecule has 0 radical (unpaired) electrons. The van der Waals surface area contributed by atoms with Gasteiger partial charge in [-0.1, -0.05) is 50.2 Å². The molecule has 1 aromatic carbocycles. The number of nitrogens with zero attached hydrogens (tertiary/aromatic N) is 4. The Morgan fingerprint density at radius 2 is 1.71 bits per heavy atom. The summed E-state index contributed by atoms with van der Waals surface area (Å²) in [6, 6.07) is 10.7. The van der Waals surface area contributed by atoms with Gasteiger partial charge in [-0.15, -0.1) is 24.0 Å². The number of likely N-dealkylation sites (N-methyl/N-ethyl adjacent to an activating group) is 1. The highest BCUT2D eigenvalue weighted by Crippen LogP contribution is 2.15. The first-order valence-corrected chi connectivity index (χ1v) is 11.0. The van der Waals surface area contributed by atoms with Crippen molar-refractivity contribution >= 4 is 29.9 Å². The summed E-state index contributed by atoms with van der Waals surface area (Å²) in [5, 5.41) is 10.8. The van der Waals surface area contributed by atoms with Crippen molar-refractivity contribution in [2.45, 2.75) is 46.3 Å². The zero-order valence-corrected chi connectivity index (χ0v) is 21.6. The van der Waals surface area contributed by atoms with E-state index in [0.717, 1.165) is 63.2 Å². The molecular weight excluding hydrogens is 503 g/mol. The fourth-order valence-electron chi connectivity index (χ4n) is 3.64. The third-order valence-electron chi connectivity index (χ3n) is 5.69. The molecule has 2 N–H and O–H groups in total. The first-order valence-electron chi connectivity index (χ1n) is 11.0. The number of rotatable bonds is 8. The average molecular weight is 540 g/mol. The molecular formula is C23H37IN6O. The van der Waals surface area contributed by atoms with Crippen LogP contribution in [-0.4, -0.2) is 60.7 Å². The summed E-state index contributed by atoms with van der Waals surface area (Å²) in [4.78, 5) is 9.40. The molecule has 2 heterocycles. The lowest BCUT2D eigenvalue weighted by molar-refractivity contribution is 0.131. The van der Waals surface area contributed by atoms with Crippen molar-refractivity contribution < 1.29 is 4.52 Å². The molecule has 0 aliphatic carbocycles. The van der Waals surface area contributed by atoms with Crippen LogP contribution < -0.4 is 10.6 Å². The van der Waals surface area contributed by atoms with Crippen molar-refractivity contribution in [2.24, 2.45) is 4.99 Å². The smallest absolute Gasteiger partial charge is 0.191 e. The van der Waals surface area contributed by atoms with Crippen molar-refractivity contribution in [2.75, 3.05) is 39.8 Å². The molecule has 0 unspecified atom stereocenters. The van der Waals surface area contributed by atoms with Crippen LogP contribution >= 0.6 is 24.0 Å². The highest BCUT2D eigenvalue weighted by molar-refractivity contribution is 14.0. The van der Waals surface area contributed by atoms with Gasteiger partial charge in [0.05, 0.1) is 12.2 Å². The zero-order chi connectivity index (χ0) is 21.3. The maximum atomic E-state index is 5.40. The van der Waals surface area contributed by atoms with Crippen LogP contribution in [0.3, 0.4) is 0 Å². The van der Waals surface area contributed by atoms with Crippen molar-refractivity contribution in [3.8, 4) is 0 Å². The van der Waals surface area contributed by atoms with Gasteiger partial charge in [0.25, 0.3) is 0 Å². The number of guanidine groups is 1. The molecule has 1 aromatic heterocycles. The summed E-state index contributed by atoms with van der Waals surface area (Å²) < 4.78 is 5.40. The molecule has 1 saturated heterocycles. The molecule has 7 nitrogen and oxygen atoms in total. The van der Waals surface area contributed by atoms with Crippen LogP contribution in [0.15, 0.2) is 39.8 Å². The Bertz CT molecular complexity index is 814. The Morgan fingerprint density at radius 1 is 1.06 bits per heavy atom. The van der Waals surface area contributed by atoms with E-state index in [1.54, 1.807) is 7.05 Å². The van der Waals surface area contributed by atoms with Crippen LogP contribution in [0.1, 0.15) is 49.3 Å². The van der Waals surface area contributed by atoms with Crippen molar-refractivity contribution in [3.05, 3.63) is 52.9 Å². The van der Waals surface area contributed by atoms with Gasteiger partial charge in [-0.2, -0.15) is 0 Å². The van der Waals surface area contributed by atoms with Crippen LogP contribution in [0.4, 0.5) is 0 Å². The molecule has 3 rings (SSSR count). The summed E-state index contributed by atoms with van der Waals surface area (Å²) in [5.74, 6) is 1.93. The molecule has 0 atom stereocenters. The van der Waals surface area contributed by atoms with Gasteiger partial charge in [0, 0.05) is 52.4 Å². The predicted molar refractivity (Wildman–Crippen MR) is 137 cm³/mol. The van der Waals surface area contributed by atoms with Gasteiger partial charge in [0.15, 0.2) is 11.7 Å². The van der Waals surface area contributed by atoms with E-state index >= 15 is 0 Å². The first kappa shape index (κ1) is 25.6. The first-order chi connectivity index (χ1) is 14.6. The fraction of sp³-hybridized carbons (Fsp3) is 0.565. The van der Waals surface area contributed by atoms with Gasteiger partial charge in [0.2, 0.25) is 0 Å². The Morgan fingerprint density at radius 3 is 2.32 bits per heavy atom. The lowest BCUT2D eigenvalue weighted by Crippen LogP contribution is -2.45. The predicted octanol–water partition coefficient (Wildman–Crippen LogP) is 3.42. The molecule has 0 spiro atoms. The van der Waals surface area contributed by atoms with Crippen molar-refractivity contribution in [1.82, 2.24) is 25.6 Å². The van der Waals surface area contributed by atoms with E-state index in [9.17, 15) is 0 Å². The highest BCUT2D eigenvalue weighted by atomic mass is 127. The summed E-state index contributed by atoms with van der Waals surface area (Å²) in [6.07, 6.45) is 0. The minimum absolute atomic E-state index is 0. The summed E-state index contributed by atoms with van der Waals surface area (Å²) in [7, 11) is 1.79. The summed E-state index contributed by atoms with van der Waals surface area (Å²) >= 11 is 0. The molecule has 1 aliphatic rings. The van der Waals surface area contributed by atoms with E-state index < -0.39 is 0 Å². The van der Waals surface area contributed by atoms with E-state index in [0.29, 0.717) is 12.5 Å². The minimum atomic E-state index is 0. The van der Waals surface area contributed by atoms with Crippen molar-refractivity contribution in [1.29, 1.82) is 0 Å². The van der Waals surface area contributed by atoms with Gasteiger partial charge >= 0.3 is 0 Å². The van der Waals surface area contributed by atoms with Crippen LogP contribution in [-0.2, 0) is 19.6 Å². The Kier molecular flexibility index (Phi) is 10.8. The molecule has 1 aliphatic heterocycles. The maximum Gasteiger partial charge on any atom is 0.191 e. The van der Waals surface area contributed by atoms with Gasteiger partial charge in [-0.05, 0) is 23.6 Å². The second-order valence-corrected chi connectivity index (χ2v) is 8.13. The number of nitrogens with one attached hydrogen (secondary N) is 2. The third kappa shape index (κ3) is 7.76. The van der Waals surface area contributed by atoms with Crippen LogP contribution in [0.25, 0.3) is 0 Å². The lowest BCUT2D eigenvalue weighted by atomic mass is 10.1. The number of aromatic nitrogens is 1. The number of hydrogen-bond donors (Lipinski definition) is 2. The molecule has 0 bridgehead atoms. The topological polar surface area (TPSA) is 68.9 Å². The fourth-order valence-corrected chi connectivity index (χ4v) is 3.64. The zero-order valence-electron chi connectivity index (χ0n) is 19.2. The van der Waals surface area contributed by atoms with Crippen LogP contribution in [0.2, 0.25) is 0 Å². The Hall–Kier alpha value is -1.65. The molecule has 31 heavy (non-hydrogen) atoms. The Balaban J connectivity index is 0.00000341. The average Bonchev–Trinajstić information content (AvgIpc) is 3.25. The van der Waals surface area contributed by atoms with Gasteiger partial charge in [0.1, 0.15) is 0 Å². The normalized spacial score (nSPS) is 15.7. The lowest BCUT2D eigenvalue weighted by Gasteiger charge is -2.34. The molecule has 0 saturated carbocycles. The summed E-state index contributed by atoms with van der Waals surface area (Å²) in [5.41, 5.74) is 3.66. The van der Waals surface area contributed by atoms with Gasteiger partial charge in [-0.25, -0.2) is 0 Å². The molecule has 172 valence electrons. The summed E-state index contributed by atoms with van der Waals surface area (Å²) in [6.45, 7) is 14.5. The second-order valence-electron chi connectivity index (χ2n) is 8.13. The van der Waals surface area contributed by atoms with Crippen LogP contribution in [0, 0.1) is 0 Å². The third-order valence-corrected chi connectivity index (χ3v) is 5.69. The minimum Gasteiger partial charge on any atom is -0.359 e. The maximum absolute atomic E-state index is 5.40. The SMILES string of the molecule is CCN1CCN(Cc2ccccc2CNC(=NC)NCc2cc(C(C)C)no2)CC1.I. The monoisotopic (exact) mass is 540 g/mol. The van der Waals surface area contributed by atoms with E-state index in [1.165, 1.54) is 11.1 Å².